The van der Waals surface area contributed by atoms with Gasteiger partial charge in [0.05, 0.1) is 0 Å². The molecule has 0 unspecified atom stereocenters. The Morgan fingerprint density at radius 2 is 2.00 bits per heavy atom. The summed E-state index contributed by atoms with van der Waals surface area (Å²) in [6, 6.07) is 14.8. The molecule has 110 valence electrons. The van der Waals surface area contributed by atoms with Crippen molar-refractivity contribution in [3.63, 3.8) is 0 Å². The second kappa shape index (κ2) is 6.22. The van der Waals surface area contributed by atoms with Gasteiger partial charge in [0, 0.05) is 11.1 Å². The van der Waals surface area contributed by atoms with Crippen LogP contribution in [0.3, 0.4) is 0 Å². The number of benzene rings is 2. The van der Waals surface area contributed by atoms with Crippen LogP contribution in [-0.2, 0) is 6.61 Å². The minimum atomic E-state index is 0.154. The van der Waals surface area contributed by atoms with Crippen molar-refractivity contribution < 1.29 is 14.1 Å². The molecule has 0 bridgehead atoms. The van der Waals surface area contributed by atoms with Crippen molar-refractivity contribution in [1.82, 2.24) is 10.1 Å². The monoisotopic (exact) mass is 294 g/mol. The van der Waals surface area contributed by atoms with Crippen LogP contribution in [0.4, 0.5) is 0 Å². The second-order valence-corrected chi connectivity index (χ2v) is 4.86. The first kappa shape index (κ1) is 14.0. The van der Waals surface area contributed by atoms with Crippen molar-refractivity contribution in [2.75, 3.05) is 0 Å². The fourth-order valence-electron chi connectivity index (χ4n) is 1.96. The molecule has 1 aromatic heterocycles. The van der Waals surface area contributed by atoms with E-state index >= 15 is 0 Å². The summed E-state index contributed by atoms with van der Waals surface area (Å²) in [4.78, 5) is 15.0. The third-order valence-corrected chi connectivity index (χ3v) is 3.13. The smallest absolute Gasteiger partial charge is 0.264 e. The predicted molar refractivity (Wildman–Crippen MR) is 80.6 cm³/mol. The zero-order valence-corrected chi connectivity index (χ0v) is 12.0. The number of rotatable bonds is 5. The number of hydrogen-bond acceptors (Lipinski definition) is 5. The van der Waals surface area contributed by atoms with Gasteiger partial charge in [-0.2, -0.15) is 4.98 Å². The molecule has 1 heterocycles. The van der Waals surface area contributed by atoms with Crippen molar-refractivity contribution in [3.05, 3.63) is 65.5 Å². The van der Waals surface area contributed by atoms with Crippen molar-refractivity contribution in [2.45, 2.75) is 13.5 Å². The van der Waals surface area contributed by atoms with Crippen LogP contribution >= 0.6 is 0 Å². The van der Waals surface area contributed by atoms with Gasteiger partial charge in [-0.3, -0.25) is 4.79 Å². The third-order valence-electron chi connectivity index (χ3n) is 3.13. The fraction of sp³-hybridized carbons (Fsp3) is 0.118. The van der Waals surface area contributed by atoms with Gasteiger partial charge in [0.15, 0.2) is 6.61 Å². The van der Waals surface area contributed by atoms with E-state index in [9.17, 15) is 4.79 Å². The summed E-state index contributed by atoms with van der Waals surface area (Å²) >= 11 is 0. The number of hydrogen-bond donors (Lipinski definition) is 0. The molecule has 0 N–H and O–H groups in total. The van der Waals surface area contributed by atoms with Gasteiger partial charge in [0.25, 0.3) is 5.89 Å². The van der Waals surface area contributed by atoms with Crippen LogP contribution in [0.2, 0.25) is 0 Å². The first-order valence-electron chi connectivity index (χ1n) is 6.82. The van der Waals surface area contributed by atoms with Crippen molar-refractivity contribution in [1.29, 1.82) is 0 Å². The lowest BCUT2D eigenvalue weighted by Gasteiger charge is -2.02. The zero-order chi connectivity index (χ0) is 15.4. The van der Waals surface area contributed by atoms with E-state index < -0.39 is 0 Å². The maximum Gasteiger partial charge on any atom is 0.264 e. The minimum Gasteiger partial charge on any atom is -0.484 e. The molecule has 0 fully saturated rings. The number of aryl methyl sites for hydroxylation is 1. The molecule has 5 heteroatoms. The molecular weight excluding hydrogens is 280 g/mol. The van der Waals surface area contributed by atoms with Gasteiger partial charge in [-0.25, -0.2) is 0 Å². The van der Waals surface area contributed by atoms with Gasteiger partial charge in [-0.15, -0.1) is 0 Å². The summed E-state index contributed by atoms with van der Waals surface area (Å²) < 4.78 is 10.7. The topological polar surface area (TPSA) is 65.2 Å². The van der Waals surface area contributed by atoms with Gasteiger partial charge in [-0.1, -0.05) is 47.1 Å². The lowest BCUT2D eigenvalue weighted by molar-refractivity contribution is 0.112. The van der Waals surface area contributed by atoms with E-state index in [0.717, 1.165) is 11.8 Å². The van der Waals surface area contributed by atoms with E-state index in [1.165, 1.54) is 5.56 Å². The van der Waals surface area contributed by atoms with Crippen LogP contribution in [0.25, 0.3) is 11.4 Å². The molecule has 0 aliphatic rings. The molecule has 22 heavy (non-hydrogen) atoms. The first-order chi connectivity index (χ1) is 10.7. The molecule has 3 aromatic rings. The van der Waals surface area contributed by atoms with E-state index in [2.05, 4.69) is 10.1 Å². The van der Waals surface area contributed by atoms with E-state index in [1.807, 2.05) is 31.2 Å². The highest BCUT2D eigenvalue weighted by atomic mass is 16.5. The zero-order valence-electron chi connectivity index (χ0n) is 12.0. The number of aromatic nitrogens is 2. The quantitative estimate of drug-likeness (QED) is 0.674. The maximum absolute atomic E-state index is 10.7. The number of aldehydes is 1. The Morgan fingerprint density at radius 3 is 2.77 bits per heavy atom. The Kier molecular flexibility index (Phi) is 3.96. The highest BCUT2D eigenvalue weighted by Crippen LogP contribution is 2.18. The summed E-state index contributed by atoms with van der Waals surface area (Å²) in [5.41, 5.74) is 2.62. The van der Waals surface area contributed by atoms with Crippen LogP contribution in [-0.4, -0.2) is 16.4 Å². The Bertz CT molecular complexity index is 779. The minimum absolute atomic E-state index is 0.154. The average Bonchev–Trinajstić information content (AvgIpc) is 3.03. The van der Waals surface area contributed by atoms with Gasteiger partial charge in [-0.05, 0) is 19.1 Å². The number of ether oxygens (including phenoxy) is 1. The Labute approximate surface area is 127 Å². The number of carbonyl (C=O) groups excluding carboxylic acids is 1. The van der Waals surface area contributed by atoms with Gasteiger partial charge in [0.1, 0.15) is 12.0 Å². The predicted octanol–water partition coefficient (Wildman–Crippen LogP) is 3.44. The summed E-state index contributed by atoms with van der Waals surface area (Å²) in [7, 11) is 0. The Balaban J connectivity index is 1.69. The lowest BCUT2D eigenvalue weighted by atomic mass is 10.1. The van der Waals surface area contributed by atoms with Gasteiger partial charge >= 0.3 is 0 Å². The Hall–Kier alpha value is -2.95. The molecule has 0 amide bonds. The molecule has 0 saturated carbocycles. The average molecular weight is 294 g/mol. The first-order valence-corrected chi connectivity index (χ1v) is 6.82. The molecule has 0 saturated heterocycles. The van der Waals surface area contributed by atoms with Gasteiger partial charge < -0.3 is 9.26 Å². The normalized spacial score (nSPS) is 10.4. The molecule has 5 nitrogen and oxygen atoms in total. The SMILES string of the molecule is Cc1ccc(-c2noc(COc3cccc(C=O)c3)n2)cc1. The molecular formula is C17H14N2O3. The van der Waals surface area contributed by atoms with Crippen LogP contribution < -0.4 is 4.74 Å². The summed E-state index contributed by atoms with van der Waals surface area (Å²) in [5.74, 6) is 1.49. The fourth-order valence-corrected chi connectivity index (χ4v) is 1.96. The van der Waals surface area contributed by atoms with E-state index in [1.54, 1.807) is 24.3 Å². The molecule has 0 aliphatic carbocycles. The molecule has 0 atom stereocenters. The van der Waals surface area contributed by atoms with Crippen LogP contribution in [0.5, 0.6) is 5.75 Å². The van der Waals surface area contributed by atoms with Crippen LogP contribution in [0.15, 0.2) is 53.1 Å². The van der Waals surface area contributed by atoms with E-state index in [0.29, 0.717) is 23.0 Å². The lowest BCUT2D eigenvalue weighted by Crippen LogP contribution is -1.96. The van der Waals surface area contributed by atoms with Crippen molar-refractivity contribution in [3.8, 4) is 17.1 Å². The van der Waals surface area contributed by atoms with Crippen LogP contribution in [0, 0.1) is 6.92 Å². The number of carbonyl (C=O) groups is 1. The maximum atomic E-state index is 10.7. The third kappa shape index (κ3) is 3.20. The van der Waals surface area contributed by atoms with E-state index in [-0.39, 0.29) is 6.61 Å². The highest BCUT2D eigenvalue weighted by Gasteiger charge is 2.09. The summed E-state index contributed by atoms with van der Waals surface area (Å²) in [6.45, 7) is 2.17. The van der Waals surface area contributed by atoms with E-state index in [4.69, 9.17) is 9.26 Å². The largest absolute Gasteiger partial charge is 0.484 e. The van der Waals surface area contributed by atoms with Crippen molar-refractivity contribution in [2.24, 2.45) is 0 Å². The van der Waals surface area contributed by atoms with Crippen molar-refractivity contribution >= 4 is 6.29 Å². The van der Waals surface area contributed by atoms with Crippen LogP contribution in [0.1, 0.15) is 21.8 Å². The molecule has 3 rings (SSSR count). The standard InChI is InChI=1S/C17H14N2O3/c1-12-5-7-14(8-6-12)17-18-16(22-19-17)11-21-15-4-2-3-13(9-15)10-20/h2-10H,11H2,1H3. The van der Waals surface area contributed by atoms with Gasteiger partial charge in [0.2, 0.25) is 5.82 Å². The molecule has 0 radical (unpaired) electrons. The summed E-state index contributed by atoms with van der Waals surface area (Å²) in [6.07, 6.45) is 0.773. The highest BCUT2D eigenvalue weighted by molar-refractivity contribution is 5.75. The Morgan fingerprint density at radius 1 is 1.18 bits per heavy atom. The molecule has 2 aromatic carbocycles. The summed E-state index contributed by atoms with van der Waals surface area (Å²) in [5, 5.41) is 3.94. The molecule has 0 spiro atoms. The molecule has 0 aliphatic heterocycles. The second-order valence-electron chi connectivity index (χ2n) is 4.86. The number of nitrogens with zero attached hydrogens (tertiary/aromatic N) is 2.